The van der Waals surface area contributed by atoms with Crippen LogP contribution in [0.25, 0.3) is 0 Å². The van der Waals surface area contributed by atoms with E-state index in [0.717, 1.165) is 49.1 Å². The number of piperidine rings is 3. The maximum atomic E-state index is 14.0. The number of ether oxygens (including phenoxy) is 1. The highest BCUT2D eigenvalue weighted by atomic mass is 19.1. The molecule has 3 aromatic carbocycles. The molecule has 6 heteroatoms. The van der Waals surface area contributed by atoms with E-state index in [1.807, 2.05) is 6.07 Å². The molecule has 0 saturated carbocycles. The lowest BCUT2D eigenvalue weighted by Crippen LogP contribution is -2.64. The fraction of sp³-hybridized carbons (Fsp3) is 0.321. The number of benzene rings is 3. The second-order valence-electron chi connectivity index (χ2n) is 9.57. The summed E-state index contributed by atoms with van der Waals surface area (Å²) in [6.07, 6.45) is 1.39. The number of fused-ring (bicyclic) bond motifs is 3. The molecule has 0 aromatic heterocycles. The minimum absolute atomic E-state index is 0.171. The van der Waals surface area contributed by atoms with Gasteiger partial charge >= 0.3 is 6.09 Å². The largest absolute Gasteiger partial charge is 0.440 e. The zero-order valence-corrected chi connectivity index (χ0v) is 19.1. The molecule has 0 aliphatic carbocycles. The molecule has 3 aromatic rings. The summed E-state index contributed by atoms with van der Waals surface area (Å²) in [5.74, 6) is -0.423. The molecule has 1 atom stereocenters. The molecule has 3 fully saturated rings. The first kappa shape index (κ1) is 22.5. The Bertz CT molecular complexity index is 1130. The molecular weight excluding hydrogens is 434 g/mol. The maximum Gasteiger partial charge on any atom is 0.415 e. The molecule has 3 heterocycles. The standard InChI is InChI=1S/C28H29F2N2O2/c29-24-11-9-21(10-12-24)18-31(26-8-4-7-25(30)17-26)28(33)34-27-20-32(15-13-23(27)14-16-32)19-22-5-2-1-3-6-22/h1-12,17,23,27H,13-16,18-20H2/q+1. The number of nitrogens with zero attached hydrogens (tertiary/aromatic N) is 2. The van der Waals surface area contributed by atoms with Crippen LogP contribution < -0.4 is 4.90 Å². The SMILES string of the molecule is O=C(OC1C[N+]2(Cc3ccccc3)CCC1CC2)N(Cc1ccc(F)cc1)c1cccc(F)c1. The van der Waals surface area contributed by atoms with Crippen LogP contribution in [0, 0.1) is 17.6 Å². The van der Waals surface area contributed by atoms with Crippen LogP contribution in [0.15, 0.2) is 78.9 Å². The van der Waals surface area contributed by atoms with Gasteiger partial charge in [0, 0.05) is 24.3 Å². The van der Waals surface area contributed by atoms with Crippen molar-refractivity contribution in [2.45, 2.75) is 32.0 Å². The summed E-state index contributed by atoms with van der Waals surface area (Å²) in [4.78, 5) is 14.9. The van der Waals surface area contributed by atoms with Crippen molar-refractivity contribution in [2.75, 3.05) is 24.5 Å². The van der Waals surface area contributed by atoms with Crippen LogP contribution in [0.2, 0.25) is 0 Å². The number of halogens is 2. The molecule has 34 heavy (non-hydrogen) atoms. The molecule has 0 N–H and O–H groups in total. The average Bonchev–Trinajstić information content (AvgIpc) is 2.84. The first-order valence-corrected chi connectivity index (χ1v) is 11.9. The zero-order valence-electron chi connectivity index (χ0n) is 19.1. The summed E-state index contributed by atoms with van der Waals surface area (Å²) < 4.78 is 34.4. The van der Waals surface area contributed by atoms with Crippen molar-refractivity contribution in [3.05, 3.63) is 102 Å². The van der Waals surface area contributed by atoms with Gasteiger partial charge in [0.1, 0.15) is 24.7 Å². The first-order chi connectivity index (χ1) is 16.5. The summed E-state index contributed by atoms with van der Waals surface area (Å²) in [6.45, 7) is 4.08. The summed E-state index contributed by atoms with van der Waals surface area (Å²) in [5.41, 5.74) is 2.46. The Hall–Kier alpha value is -3.25. The lowest BCUT2D eigenvalue weighted by atomic mass is 9.83. The number of anilines is 1. The number of hydrogen-bond donors (Lipinski definition) is 0. The van der Waals surface area contributed by atoms with E-state index < -0.39 is 11.9 Å². The van der Waals surface area contributed by atoms with Crippen molar-refractivity contribution in [3.63, 3.8) is 0 Å². The highest BCUT2D eigenvalue weighted by molar-refractivity contribution is 5.87. The lowest BCUT2D eigenvalue weighted by Gasteiger charge is -2.52. The van der Waals surface area contributed by atoms with Crippen molar-refractivity contribution in [1.82, 2.24) is 0 Å². The lowest BCUT2D eigenvalue weighted by molar-refractivity contribution is -0.958. The molecule has 0 radical (unpaired) electrons. The third-order valence-corrected chi connectivity index (χ3v) is 7.25. The van der Waals surface area contributed by atoms with E-state index in [9.17, 15) is 13.6 Å². The van der Waals surface area contributed by atoms with Crippen molar-refractivity contribution < 1.29 is 22.8 Å². The van der Waals surface area contributed by atoms with E-state index in [-0.39, 0.29) is 18.5 Å². The molecule has 3 aliphatic heterocycles. The van der Waals surface area contributed by atoms with E-state index in [0.29, 0.717) is 11.6 Å². The van der Waals surface area contributed by atoms with Crippen molar-refractivity contribution in [1.29, 1.82) is 0 Å². The molecule has 3 aliphatic rings. The molecule has 0 spiro atoms. The molecule has 6 rings (SSSR count). The van der Waals surface area contributed by atoms with Crippen molar-refractivity contribution in [2.24, 2.45) is 5.92 Å². The highest BCUT2D eigenvalue weighted by Gasteiger charge is 2.48. The van der Waals surface area contributed by atoms with Gasteiger partial charge in [0.2, 0.25) is 0 Å². The van der Waals surface area contributed by atoms with Gasteiger partial charge < -0.3 is 9.22 Å². The van der Waals surface area contributed by atoms with Crippen LogP contribution in [-0.2, 0) is 17.8 Å². The van der Waals surface area contributed by atoms with Gasteiger partial charge in [0.05, 0.1) is 25.3 Å². The minimum atomic E-state index is -0.494. The molecule has 3 saturated heterocycles. The van der Waals surface area contributed by atoms with Gasteiger partial charge in [-0.25, -0.2) is 13.6 Å². The smallest absolute Gasteiger partial charge is 0.415 e. The second kappa shape index (κ2) is 9.55. The van der Waals surface area contributed by atoms with Gasteiger partial charge in [-0.3, -0.25) is 4.90 Å². The molecule has 1 unspecified atom stereocenters. The molecular formula is C28H29F2N2O2+. The Morgan fingerprint density at radius 2 is 1.62 bits per heavy atom. The average molecular weight is 464 g/mol. The van der Waals surface area contributed by atoms with E-state index >= 15 is 0 Å². The zero-order chi connectivity index (χ0) is 23.5. The number of hydrogen-bond acceptors (Lipinski definition) is 2. The normalized spacial score (nSPS) is 23.5. The fourth-order valence-electron chi connectivity index (χ4n) is 5.42. The van der Waals surface area contributed by atoms with Gasteiger partial charge in [0.25, 0.3) is 0 Å². The maximum absolute atomic E-state index is 14.0. The first-order valence-electron chi connectivity index (χ1n) is 11.9. The second-order valence-corrected chi connectivity index (χ2v) is 9.57. The van der Waals surface area contributed by atoms with Crippen LogP contribution in [0.1, 0.15) is 24.0 Å². The minimum Gasteiger partial charge on any atom is -0.440 e. The number of carbonyl (C=O) groups excluding carboxylic acids is 1. The predicted molar refractivity (Wildman–Crippen MR) is 127 cm³/mol. The Morgan fingerprint density at radius 3 is 2.32 bits per heavy atom. The fourth-order valence-corrected chi connectivity index (χ4v) is 5.42. The molecule has 4 nitrogen and oxygen atoms in total. The van der Waals surface area contributed by atoms with Crippen LogP contribution in [0.5, 0.6) is 0 Å². The highest BCUT2D eigenvalue weighted by Crippen LogP contribution is 2.37. The van der Waals surface area contributed by atoms with Crippen LogP contribution in [0.3, 0.4) is 0 Å². The van der Waals surface area contributed by atoms with Crippen molar-refractivity contribution >= 4 is 11.8 Å². The molecule has 176 valence electrons. The summed E-state index contributed by atoms with van der Waals surface area (Å²) >= 11 is 0. The predicted octanol–water partition coefficient (Wildman–Crippen LogP) is 5.92. The summed E-state index contributed by atoms with van der Waals surface area (Å²) in [7, 11) is 0. The Balaban J connectivity index is 1.34. The Morgan fingerprint density at radius 1 is 0.882 bits per heavy atom. The van der Waals surface area contributed by atoms with Crippen LogP contribution in [-0.4, -0.2) is 36.3 Å². The number of rotatable bonds is 6. The summed E-state index contributed by atoms with van der Waals surface area (Å²) in [5, 5.41) is 0. The van der Waals surface area contributed by atoms with Gasteiger partial charge in [-0.2, -0.15) is 0 Å². The van der Waals surface area contributed by atoms with E-state index in [4.69, 9.17) is 4.74 Å². The third-order valence-electron chi connectivity index (χ3n) is 7.25. The number of quaternary nitrogens is 1. The van der Waals surface area contributed by atoms with Crippen LogP contribution >= 0.6 is 0 Å². The van der Waals surface area contributed by atoms with E-state index in [2.05, 4.69) is 24.3 Å². The van der Waals surface area contributed by atoms with Gasteiger partial charge in [-0.05, 0) is 35.9 Å². The van der Waals surface area contributed by atoms with Gasteiger partial charge in [0.15, 0.2) is 6.10 Å². The van der Waals surface area contributed by atoms with E-state index in [1.54, 1.807) is 24.3 Å². The quantitative estimate of drug-likeness (QED) is 0.425. The molecule has 2 bridgehead atoms. The third kappa shape index (κ3) is 4.97. The van der Waals surface area contributed by atoms with Gasteiger partial charge in [-0.1, -0.05) is 48.5 Å². The van der Waals surface area contributed by atoms with E-state index in [1.165, 1.54) is 34.7 Å². The van der Waals surface area contributed by atoms with Crippen LogP contribution in [0.4, 0.5) is 19.3 Å². The monoisotopic (exact) mass is 463 g/mol. The Kier molecular flexibility index (Phi) is 6.33. The molecule has 1 amide bonds. The number of amides is 1. The topological polar surface area (TPSA) is 29.5 Å². The summed E-state index contributed by atoms with van der Waals surface area (Å²) in [6, 6.07) is 22.4. The van der Waals surface area contributed by atoms with Crippen molar-refractivity contribution in [3.8, 4) is 0 Å². The Labute approximate surface area is 199 Å². The number of carbonyl (C=O) groups is 1. The van der Waals surface area contributed by atoms with Gasteiger partial charge in [-0.15, -0.1) is 0 Å².